The molecule has 0 unspecified atom stereocenters. The summed E-state index contributed by atoms with van der Waals surface area (Å²) in [7, 11) is 0. The zero-order chi connectivity index (χ0) is 14.7. The van der Waals surface area contributed by atoms with Crippen LogP contribution in [0.1, 0.15) is 30.6 Å². The topological polar surface area (TPSA) is 32.3 Å². The first kappa shape index (κ1) is 15.0. The SMILES string of the molecule is OC1CCC(NCc2ccc(-c3ccc(Cl)cc3)s2)CC1. The maximum atomic E-state index is 9.53. The van der Waals surface area contributed by atoms with Crippen molar-refractivity contribution in [2.24, 2.45) is 0 Å². The van der Waals surface area contributed by atoms with Gasteiger partial charge in [0.15, 0.2) is 0 Å². The van der Waals surface area contributed by atoms with Crippen molar-refractivity contribution >= 4 is 22.9 Å². The Bertz CT molecular complexity index is 573. The van der Waals surface area contributed by atoms with Gasteiger partial charge in [0.1, 0.15) is 0 Å². The van der Waals surface area contributed by atoms with E-state index in [1.165, 1.54) is 15.3 Å². The fourth-order valence-electron chi connectivity index (χ4n) is 2.77. The fraction of sp³-hybridized carbons (Fsp3) is 0.412. The quantitative estimate of drug-likeness (QED) is 0.871. The van der Waals surface area contributed by atoms with Crippen LogP contribution in [-0.2, 0) is 6.54 Å². The monoisotopic (exact) mass is 321 g/mol. The van der Waals surface area contributed by atoms with Crippen LogP contribution in [0.4, 0.5) is 0 Å². The first-order valence-electron chi connectivity index (χ1n) is 7.47. The molecule has 0 atom stereocenters. The fourth-order valence-corrected chi connectivity index (χ4v) is 3.86. The largest absolute Gasteiger partial charge is 0.393 e. The predicted molar refractivity (Wildman–Crippen MR) is 89.9 cm³/mol. The number of benzene rings is 1. The molecule has 0 spiro atoms. The summed E-state index contributed by atoms with van der Waals surface area (Å²) in [5, 5.41) is 13.9. The van der Waals surface area contributed by atoms with Crippen molar-refractivity contribution in [2.75, 3.05) is 0 Å². The zero-order valence-corrected chi connectivity index (χ0v) is 13.5. The van der Waals surface area contributed by atoms with Crippen LogP contribution in [0.2, 0.25) is 5.02 Å². The summed E-state index contributed by atoms with van der Waals surface area (Å²) in [5.41, 5.74) is 1.22. The molecule has 1 aromatic heterocycles. The number of nitrogens with one attached hydrogen (secondary N) is 1. The number of hydrogen-bond donors (Lipinski definition) is 2. The van der Waals surface area contributed by atoms with Gasteiger partial charge in [-0.25, -0.2) is 0 Å². The second kappa shape index (κ2) is 6.93. The lowest BCUT2D eigenvalue weighted by Crippen LogP contribution is -2.33. The van der Waals surface area contributed by atoms with Crippen LogP contribution in [-0.4, -0.2) is 17.3 Å². The second-order valence-corrected chi connectivity index (χ2v) is 7.26. The lowest BCUT2D eigenvalue weighted by Gasteiger charge is -2.26. The molecule has 1 saturated carbocycles. The summed E-state index contributed by atoms with van der Waals surface area (Å²) in [5.74, 6) is 0. The van der Waals surface area contributed by atoms with E-state index in [-0.39, 0.29) is 6.10 Å². The molecule has 3 rings (SSSR count). The van der Waals surface area contributed by atoms with Crippen molar-refractivity contribution in [3.63, 3.8) is 0 Å². The Morgan fingerprint density at radius 2 is 1.76 bits per heavy atom. The van der Waals surface area contributed by atoms with E-state index in [1.807, 2.05) is 23.5 Å². The Morgan fingerprint density at radius 1 is 1.05 bits per heavy atom. The minimum atomic E-state index is -0.0821. The van der Waals surface area contributed by atoms with Crippen molar-refractivity contribution in [3.05, 3.63) is 46.3 Å². The van der Waals surface area contributed by atoms with Crippen LogP contribution >= 0.6 is 22.9 Å². The van der Waals surface area contributed by atoms with Gasteiger partial charge in [-0.15, -0.1) is 11.3 Å². The molecule has 21 heavy (non-hydrogen) atoms. The molecule has 1 aliphatic carbocycles. The summed E-state index contributed by atoms with van der Waals surface area (Å²) in [6.07, 6.45) is 3.94. The summed E-state index contributed by atoms with van der Waals surface area (Å²) in [4.78, 5) is 2.63. The summed E-state index contributed by atoms with van der Waals surface area (Å²) >= 11 is 7.75. The highest BCUT2D eigenvalue weighted by atomic mass is 35.5. The van der Waals surface area contributed by atoms with Crippen molar-refractivity contribution in [1.29, 1.82) is 0 Å². The van der Waals surface area contributed by atoms with Gasteiger partial charge in [0.05, 0.1) is 6.10 Å². The minimum Gasteiger partial charge on any atom is -0.393 e. The molecule has 1 fully saturated rings. The molecule has 1 heterocycles. The first-order chi connectivity index (χ1) is 10.2. The third-order valence-electron chi connectivity index (χ3n) is 4.05. The maximum Gasteiger partial charge on any atom is 0.0541 e. The highest BCUT2D eigenvalue weighted by molar-refractivity contribution is 7.15. The second-order valence-electron chi connectivity index (χ2n) is 5.66. The van der Waals surface area contributed by atoms with E-state index in [9.17, 15) is 5.11 Å². The average Bonchev–Trinajstić information content (AvgIpc) is 2.96. The Balaban J connectivity index is 1.56. The molecule has 0 aliphatic heterocycles. The van der Waals surface area contributed by atoms with Gasteiger partial charge in [-0.05, 0) is 55.5 Å². The van der Waals surface area contributed by atoms with Crippen LogP contribution in [0.15, 0.2) is 36.4 Å². The molecule has 2 N–H and O–H groups in total. The number of aliphatic hydroxyl groups is 1. The Morgan fingerprint density at radius 3 is 2.48 bits per heavy atom. The van der Waals surface area contributed by atoms with Crippen molar-refractivity contribution in [2.45, 2.75) is 44.4 Å². The van der Waals surface area contributed by atoms with E-state index >= 15 is 0 Å². The van der Waals surface area contributed by atoms with E-state index in [2.05, 4.69) is 29.6 Å². The van der Waals surface area contributed by atoms with Gasteiger partial charge in [-0.3, -0.25) is 0 Å². The normalized spacial score (nSPS) is 22.4. The van der Waals surface area contributed by atoms with Crippen LogP contribution in [0.5, 0.6) is 0 Å². The van der Waals surface area contributed by atoms with Crippen molar-refractivity contribution in [3.8, 4) is 10.4 Å². The van der Waals surface area contributed by atoms with Crippen LogP contribution in [0.25, 0.3) is 10.4 Å². The molecule has 0 saturated heterocycles. The van der Waals surface area contributed by atoms with E-state index in [0.717, 1.165) is 37.3 Å². The maximum absolute atomic E-state index is 9.53. The van der Waals surface area contributed by atoms with Gasteiger partial charge < -0.3 is 10.4 Å². The number of hydrogen-bond acceptors (Lipinski definition) is 3. The highest BCUT2D eigenvalue weighted by Crippen LogP contribution is 2.29. The average molecular weight is 322 g/mol. The standard InChI is InChI=1S/C17H20ClNOS/c18-13-3-1-12(2-4-13)17-10-9-16(21-17)11-19-14-5-7-15(20)8-6-14/h1-4,9-10,14-15,19-20H,5-8,11H2. The van der Waals surface area contributed by atoms with Crippen LogP contribution in [0.3, 0.4) is 0 Å². The molecule has 2 nitrogen and oxygen atoms in total. The predicted octanol–water partition coefficient (Wildman–Crippen LogP) is 4.46. The summed E-state index contributed by atoms with van der Waals surface area (Å²) in [6.45, 7) is 0.916. The third-order valence-corrected chi connectivity index (χ3v) is 5.44. The molecule has 0 bridgehead atoms. The summed E-state index contributed by atoms with van der Waals surface area (Å²) in [6, 6.07) is 12.9. The molecule has 0 radical (unpaired) electrons. The van der Waals surface area contributed by atoms with Crippen molar-refractivity contribution < 1.29 is 5.11 Å². The zero-order valence-electron chi connectivity index (χ0n) is 11.9. The molecule has 0 amide bonds. The lowest BCUT2D eigenvalue weighted by atomic mass is 9.93. The van der Waals surface area contributed by atoms with Crippen molar-refractivity contribution in [1.82, 2.24) is 5.32 Å². The smallest absolute Gasteiger partial charge is 0.0541 e. The van der Waals surface area contributed by atoms with Crippen LogP contribution in [0, 0.1) is 0 Å². The molecule has 112 valence electrons. The lowest BCUT2D eigenvalue weighted by molar-refractivity contribution is 0.116. The Labute approximate surface area is 134 Å². The minimum absolute atomic E-state index is 0.0821. The molecular formula is C17H20ClNOS. The van der Waals surface area contributed by atoms with Gasteiger partial charge in [-0.1, -0.05) is 23.7 Å². The molecule has 4 heteroatoms. The van der Waals surface area contributed by atoms with Gasteiger partial charge in [0.25, 0.3) is 0 Å². The first-order valence-corrected chi connectivity index (χ1v) is 8.66. The van der Waals surface area contributed by atoms with Crippen LogP contribution < -0.4 is 5.32 Å². The number of aliphatic hydroxyl groups excluding tert-OH is 1. The summed E-state index contributed by atoms with van der Waals surface area (Å²) < 4.78 is 0. The van der Waals surface area contributed by atoms with E-state index in [0.29, 0.717) is 6.04 Å². The molecular weight excluding hydrogens is 302 g/mol. The van der Waals surface area contributed by atoms with Gasteiger partial charge >= 0.3 is 0 Å². The number of thiophene rings is 1. The molecule has 1 aliphatic rings. The van der Waals surface area contributed by atoms with Gasteiger partial charge in [0, 0.05) is 27.4 Å². The number of rotatable bonds is 4. The highest BCUT2D eigenvalue weighted by Gasteiger charge is 2.18. The number of halogens is 1. The molecule has 1 aromatic carbocycles. The van der Waals surface area contributed by atoms with E-state index < -0.39 is 0 Å². The van der Waals surface area contributed by atoms with Gasteiger partial charge in [-0.2, -0.15) is 0 Å². The van der Waals surface area contributed by atoms with E-state index in [1.54, 1.807) is 0 Å². The third kappa shape index (κ3) is 4.07. The Kier molecular flexibility index (Phi) is 4.96. The Hall–Kier alpha value is -0.870. The van der Waals surface area contributed by atoms with E-state index in [4.69, 9.17) is 11.6 Å². The van der Waals surface area contributed by atoms with Gasteiger partial charge in [0.2, 0.25) is 0 Å². The molecule has 2 aromatic rings.